The van der Waals surface area contributed by atoms with Gasteiger partial charge in [0.2, 0.25) is 5.28 Å². The Hall–Kier alpha value is -1.08. The van der Waals surface area contributed by atoms with Crippen LogP contribution in [-0.2, 0) is 0 Å². The number of nitrogens with two attached hydrogens (primary N) is 2. The minimum Gasteiger partial charge on any atom is -0.569 e. The van der Waals surface area contributed by atoms with Gasteiger partial charge in [-0.2, -0.15) is 0 Å². The highest BCUT2D eigenvalue weighted by Gasteiger charge is 2.11. The molecule has 0 aromatic rings. The normalized spacial score (nSPS) is 11.8. The van der Waals surface area contributed by atoms with Crippen molar-refractivity contribution in [2.45, 2.75) is 44.9 Å². The fourth-order valence-corrected chi connectivity index (χ4v) is 1.76. The first kappa shape index (κ1) is 16.9. The first-order valence-corrected chi connectivity index (χ1v) is 6.73. The Bertz CT molecular complexity index is 214. The zero-order valence-electron chi connectivity index (χ0n) is 11.1. The van der Waals surface area contributed by atoms with Crippen LogP contribution in [0.1, 0.15) is 44.9 Å². The zero-order chi connectivity index (χ0) is 13.6. The molecule has 0 atom stereocenters. The van der Waals surface area contributed by atoms with Gasteiger partial charge < -0.3 is 21.9 Å². The van der Waals surface area contributed by atoms with Gasteiger partial charge in [0.05, 0.1) is 18.1 Å². The lowest BCUT2D eigenvalue weighted by atomic mass is 10.1. The maximum atomic E-state index is 11.2. The Morgan fingerprint density at radius 2 is 1.39 bits per heavy atom. The predicted octanol–water partition coefficient (Wildman–Crippen LogP) is 1.20. The van der Waals surface area contributed by atoms with E-state index in [2.05, 4.69) is 5.28 Å². The number of unbranched alkanes of at least 4 members (excludes halogenated alkanes) is 5. The summed E-state index contributed by atoms with van der Waals surface area (Å²) in [5.41, 5.74) is 10.8. The fraction of sp³-hybridized carbons (Fsp3) is 1.00. The van der Waals surface area contributed by atoms with Crippen LogP contribution in [0.4, 0.5) is 0 Å². The van der Waals surface area contributed by atoms with Crippen molar-refractivity contribution in [3.63, 3.8) is 0 Å². The Morgan fingerprint density at radius 3 is 1.94 bits per heavy atom. The van der Waals surface area contributed by atoms with Crippen LogP contribution in [0.2, 0.25) is 0 Å². The lowest BCUT2D eigenvalue weighted by molar-refractivity contribution is -0.709. The maximum absolute atomic E-state index is 11.2. The lowest BCUT2D eigenvalue weighted by Gasteiger charge is -2.17. The zero-order valence-corrected chi connectivity index (χ0v) is 11.1. The van der Waals surface area contributed by atoms with E-state index in [9.17, 15) is 5.21 Å². The van der Waals surface area contributed by atoms with Crippen LogP contribution in [0.5, 0.6) is 0 Å². The molecule has 0 unspecified atom stereocenters. The van der Waals surface area contributed by atoms with E-state index in [4.69, 9.17) is 16.7 Å². The summed E-state index contributed by atoms with van der Waals surface area (Å²) in [6, 6.07) is 0. The molecule has 0 aromatic carbocycles. The highest BCUT2D eigenvalue weighted by atomic mass is 16.6. The molecule has 0 aromatic heterocycles. The average molecular weight is 261 g/mol. The highest BCUT2D eigenvalue weighted by Crippen LogP contribution is 2.06. The molecule has 0 aliphatic carbocycles. The van der Waals surface area contributed by atoms with E-state index in [0.717, 1.165) is 32.2 Å². The minimum absolute atomic E-state index is 0.240. The van der Waals surface area contributed by atoms with Gasteiger partial charge in [0.25, 0.3) is 0 Å². The average Bonchev–Trinajstić information content (AvgIpc) is 2.40. The second kappa shape index (κ2) is 12.4. The number of nitrogens with zero attached hydrogens (tertiary/aromatic N) is 3. The second-order valence-electron chi connectivity index (χ2n) is 4.35. The molecule has 0 bridgehead atoms. The van der Waals surface area contributed by atoms with Crippen LogP contribution < -0.4 is 11.5 Å². The van der Waals surface area contributed by atoms with Gasteiger partial charge in [0, 0.05) is 0 Å². The van der Waals surface area contributed by atoms with E-state index in [1.807, 2.05) is 0 Å². The van der Waals surface area contributed by atoms with E-state index in [1.54, 1.807) is 0 Å². The minimum atomic E-state index is 0.240. The van der Waals surface area contributed by atoms with Crippen molar-refractivity contribution in [2.24, 2.45) is 16.7 Å². The van der Waals surface area contributed by atoms with E-state index in [0.29, 0.717) is 26.1 Å². The van der Waals surface area contributed by atoms with Gasteiger partial charge in [0.1, 0.15) is 0 Å². The van der Waals surface area contributed by atoms with Gasteiger partial charge in [-0.15, -0.1) is 5.01 Å². The molecule has 7 heteroatoms. The summed E-state index contributed by atoms with van der Waals surface area (Å²) >= 11 is 0. The summed E-state index contributed by atoms with van der Waals surface area (Å²) in [7, 11) is 0. The molecule has 0 saturated heterocycles. The van der Waals surface area contributed by atoms with Crippen molar-refractivity contribution >= 4 is 0 Å². The molecule has 0 rings (SSSR count). The van der Waals surface area contributed by atoms with E-state index >= 15 is 0 Å². The molecule has 0 aliphatic heterocycles. The summed E-state index contributed by atoms with van der Waals surface area (Å²) in [5.74, 6) is 0. The van der Waals surface area contributed by atoms with Gasteiger partial charge in [-0.05, 0) is 32.4 Å². The third-order valence-electron chi connectivity index (χ3n) is 2.81. The summed E-state index contributed by atoms with van der Waals surface area (Å²) in [5, 5.41) is 23.7. The molecular formula is C11H27N5O2. The molecule has 0 aliphatic rings. The van der Waals surface area contributed by atoms with E-state index in [-0.39, 0.29) is 4.97 Å². The monoisotopic (exact) mass is 261 g/mol. The van der Waals surface area contributed by atoms with Crippen molar-refractivity contribution < 1.29 is 10.2 Å². The van der Waals surface area contributed by atoms with E-state index in [1.165, 1.54) is 17.9 Å². The molecular weight excluding hydrogens is 234 g/mol. The number of rotatable bonds is 12. The van der Waals surface area contributed by atoms with Crippen LogP contribution in [0.25, 0.3) is 0 Å². The molecule has 108 valence electrons. The largest absolute Gasteiger partial charge is 0.569 e. The predicted molar refractivity (Wildman–Crippen MR) is 69.8 cm³/mol. The number of hydrogen-bond acceptors (Lipinski definition) is 4. The third kappa shape index (κ3) is 9.00. The van der Waals surface area contributed by atoms with E-state index < -0.39 is 0 Å². The summed E-state index contributed by atoms with van der Waals surface area (Å²) in [4.78, 5) is 0.240. The van der Waals surface area contributed by atoms with Crippen LogP contribution in [0.3, 0.4) is 0 Å². The van der Waals surface area contributed by atoms with Crippen molar-refractivity contribution in [3.8, 4) is 0 Å². The quantitative estimate of drug-likeness (QED) is 0.211. The van der Waals surface area contributed by atoms with Crippen LogP contribution in [0, 0.1) is 5.21 Å². The molecule has 5 N–H and O–H groups in total. The molecule has 0 fully saturated rings. The smallest absolute Gasteiger partial charge is 0.230 e. The molecule has 0 radical (unpaired) electrons. The third-order valence-corrected chi connectivity index (χ3v) is 2.81. The SMILES string of the molecule is NCCCCCCCCN(CCCN)[N+]([O-])=NO. The molecule has 0 heterocycles. The Kier molecular flexibility index (Phi) is 11.6. The first-order chi connectivity index (χ1) is 8.76. The van der Waals surface area contributed by atoms with Crippen molar-refractivity contribution in [2.75, 3.05) is 26.2 Å². The fourth-order valence-electron chi connectivity index (χ4n) is 1.76. The number of hydrogen-bond donors (Lipinski definition) is 3. The molecule has 0 spiro atoms. The topological polar surface area (TPSA) is 114 Å². The summed E-state index contributed by atoms with van der Waals surface area (Å²) in [6.07, 6.45) is 7.30. The molecule has 18 heavy (non-hydrogen) atoms. The van der Waals surface area contributed by atoms with Gasteiger partial charge in [0.15, 0.2) is 0 Å². The first-order valence-electron chi connectivity index (χ1n) is 6.73. The molecule has 7 nitrogen and oxygen atoms in total. The lowest BCUT2D eigenvalue weighted by Crippen LogP contribution is -2.33. The van der Waals surface area contributed by atoms with Gasteiger partial charge in [-0.1, -0.05) is 25.7 Å². The molecule has 0 amide bonds. The van der Waals surface area contributed by atoms with Crippen LogP contribution >= 0.6 is 0 Å². The maximum Gasteiger partial charge on any atom is 0.230 e. The van der Waals surface area contributed by atoms with Gasteiger partial charge in [-0.3, -0.25) is 0 Å². The summed E-state index contributed by atoms with van der Waals surface area (Å²) < 4.78 is 0. The van der Waals surface area contributed by atoms with Gasteiger partial charge >= 0.3 is 0 Å². The Balaban J connectivity index is 3.63. The van der Waals surface area contributed by atoms with Gasteiger partial charge in [-0.25, -0.2) is 0 Å². The Morgan fingerprint density at radius 1 is 0.889 bits per heavy atom. The van der Waals surface area contributed by atoms with Crippen molar-refractivity contribution in [1.29, 1.82) is 0 Å². The van der Waals surface area contributed by atoms with Crippen LogP contribution in [0.15, 0.2) is 5.28 Å². The Labute approximate surface area is 109 Å². The second-order valence-corrected chi connectivity index (χ2v) is 4.35. The standard InChI is InChI=1S/C11H27N5O2/c12-8-5-3-1-2-4-6-10-15(11-7-9-13)16(18)14-17/h17H,1-13H2. The number of hydrazine groups is 1. The van der Waals surface area contributed by atoms with Crippen molar-refractivity contribution in [3.05, 3.63) is 5.21 Å². The molecule has 0 saturated carbocycles. The van der Waals surface area contributed by atoms with Crippen LogP contribution in [-0.4, -0.2) is 41.4 Å². The summed E-state index contributed by atoms with van der Waals surface area (Å²) in [6.45, 7) is 2.41. The van der Waals surface area contributed by atoms with Crippen molar-refractivity contribution in [1.82, 2.24) is 5.01 Å². The highest BCUT2D eigenvalue weighted by molar-refractivity contribution is 4.50.